The van der Waals surface area contributed by atoms with Gasteiger partial charge in [-0.25, -0.2) is 4.39 Å². The van der Waals surface area contributed by atoms with E-state index in [1.807, 2.05) is 16.3 Å². The molecule has 22 heavy (non-hydrogen) atoms. The van der Waals surface area contributed by atoms with Gasteiger partial charge in [0.2, 0.25) is 0 Å². The van der Waals surface area contributed by atoms with Crippen LogP contribution in [0.2, 0.25) is 0 Å². The summed E-state index contributed by atoms with van der Waals surface area (Å²) in [6.45, 7) is 1.22. The quantitative estimate of drug-likeness (QED) is 0.940. The summed E-state index contributed by atoms with van der Waals surface area (Å²) in [6.07, 6.45) is 0.829. The van der Waals surface area contributed by atoms with E-state index in [2.05, 4.69) is 0 Å². The van der Waals surface area contributed by atoms with Gasteiger partial charge in [-0.3, -0.25) is 9.69 Å². The van der Waals surface area contributed by atoms with Crippen LogP contribution in [0.3, 0.4) is 0 Å². The Morgan fingerprint density at radius 2 is 2.27 bits per heavy atom. The molecule has 2 aromatic rings. The summed E-state index contributed by atoms with van der Waals surface area (Å²) < 4.78 is 18.8. The van der Waals surface area contributed by atoms with Crippen molar-refractivity contribution in [2.24, 2.45) is 0 Å². The fourth-order valence-electron chi connectivity index (χ4n) is 2.85. The van der Waals surface area contributed by atoms with E-state index in [-0.39, 0.29) is 5.75 Å². The molecule has 4 nitrogen and oxygen atoms in total. The summed E-state index contributed by atoms with van der Waals surface area (Å²) in [4.78, 5) is 14.9. The van der Waals surface area contributed by atoms with Gasteiger partial charge in [-0.05, 0) is 41.1 Å². The van der Waals surface area contributed by atoms with Crippen LogP contribution in [0.25, 0.3) is 0 Å². The number of thiophene rings is 1. The van der Waals surface area contributed by atoms with Gasteiger partial charge in [0.15, 0.2) is 11.6 Å². The van der Waals surface area contributed by atoms with Crippen LogP contribution in [0.1, 0.15) is 22.0 Å². The van der Waals surface area contributed by atoms with Gasteiger partial charge in [-0.2, -0.15) is 0 Å². The molecule has 1 aliphatic heterocycles. The normalized spacial score (nSPS) is 16.1. The third kappa shape index (κ3) is 2.71. The Hall–Kier alpha value is -1.92. The average Bonchev–Trinajstić information content (AvgIpc) is 2.95. The van der Waals surface area contributed by atoms with Gasteiger partial charge >= 0.3 is 5.97 Å². The molecule has 1 N–H and O–H groups in total. The van der Waals surface area contributed by atoms with Crippen LogP contribution in [0.5, 0.6) is 5.75 Å². The first-order valence-electron chi connectivity index (χ1n) is 6.95. The van der Waals surface area contributed by atoms with Gasteiger partial charge in [-0.15, -0.1) is 11.3 Å². The predicted octanol–water partition coefficient (Wildman–Crippen LogP) is 3.08. The predicted molar refractivity (Wildman–Crippen MR) is 81.8 cm³/mol. The molecule has 0 bridgehead atoms. The van der Waals surface area contributed by atoms with E-state index in [1.54, 1.807) is 17.4 Å². The van der Waals surface area contributed by atoms with Crippen LogP contribution >= 0.6 is 11.3 Å². The molecular weight excluding hydrogens is 305 g/mol. The Morgan fingerprint density at radius 1 is 1.45 bits per heavy atom. The largest absolute Gasteiger partial charge is 0.494 e. The van der Waals surface area contributed by atoms with Gasteiger partial charge in [0.05, 0.1) is 7.11 Å². The highest BCUT2D eigenvalue weighted by Gasteiger charge is 2.31. The summed E-state index contributed by atoms with van der Waals surface area (Å²) >= 11 is 1.70. The smallest absolute Gasteiger partial charge is 0.325 e. The molecule has 1 atom stereocenters. The highest BCUT2D eigenvalue weighted by atomic mass is 32.1. The van der Waals surface area contributed by atoms with E-state index in [9.17, 15) is 14.3 Å². The van der Waals surface area contributed by atoms with Crippen LogP contribution in [0.4, 0.5) is 4.39 Å². The maximum absolute atomic E-state index is 13.9. The molecule has 6 heteroatoms. The minimum absolute atomic E-state index is 0.117. The molecule has 2 heterocycles. The number of aliphatic carboxylic acids is 1. The van der Waals surface area contributed by atoms with E-state index < -0.39 is 17.8 Å². The summed E-state index contributed by atoms with van der Waals surface area (Å²) in [5.41, 5.74) is 1.60. The van der Waals surface area contributed by atoms with Crippen molar-refractivity contribution < 1.29 is 19.0 Å². The van der Waals surface area contributed by atoms with Crippen molar-refractivity contribution in [1.82, 2.24) is 4.90 Å². The van der Waals surface area contributed by atoms with E-state index in [0.717, 1.165) is 12.0 Å². The molecule has 0 saturated heterocycles. The van der Waals surface area contributed by atoms with Gasteiger partial charge < -0.3 is 9.84 Å². The molecule has 0 radical (unpaired) electrons. The number of carboxylic acids is 1. The number of ether oxygens (including phenoxy) is 1. The Kier molecular flexibility index (Phi) is 4.13. The molecule has 1 aliphatic rings. The monoisotopic (exact) mass is 321 g/mol. The molecule has 1 aromatic carbocycles. The molecule has 116 valence electrons. The van der Waals surface area contributed by atoms with Gasteiger partial charge in [0.1, 0.15) is 6.04 Å². The summed E-state index contributed by atoms with van der Waals surface area (Å²) in [5.74, 6) is -1.39. The van der Waals surface area contributed by atoms with Crippen LogP contribution < -0.4 is 4.74 Å². The third-order valence-corrected chi connectivity index (χ3v) is 4.95. The molecule has 1 aromatic heterocycles. The second kappa shape index (κ2) is 6.06. The average molecular weight is 321 g/mol. The number of methoxy groups -OCH3 is 1. The molecule has 0 aliphatic carbocycles. The SMILES string of the molecule is COc1ccc(C(C(=O)O)N2CCc3sccc3C2)cc1F. The highest BCUT2D eigenvalue weighted by Crippen LogP contribution is 2.32. The van der Waals surface area contributed by atoms with Crippen molar-refractivity contribution >= 4 is 17.3 Å². The summed E-state index contributed by atoms with van der Waals surface area (Å²) in [6, 6.07) is 5.51. The number of halogens is 1. The van der Waals surface area contributed by atoms with Crippen molar-refractivity contribution in [3.8, 4) is 5.75 Å². The Labute approximate surface area is 131 Å². The lowest BCUT2D eigenvalue weighted by Crippen LogP contribution is -2.37. The molecular formula is C16H16FNO3S. The van der Waals surface area contributed by atoms with Crippen molar-refractivity contribution in [2.75, 3.05) is 13.7 Å². The first-order valence-corrected chi connectivity index (χ1v) is 7.83. The number of carboxylic acid groups (broad SMARTS) is 1. The molecule has 0 fully saturated rings. The standard InChI is InChI=1S/C16H16FNO3S/c1-21-13-3-2-10(8-12(13)17)15(16(19)20)18-6-4-14-11(9-18)5-7-22-14/h2-3,5,7-8,15H,4,6,9H2,1H3,(H,19,20). The number of hydrogen-bond donors (Lipinski definition) is 1. The second-order valence-electron chi connectivity index (χ2n) is 5.22. The lowest BCUT2D eigenvalue weighted by Gasteiger charge is -2.32. The molecule has 0 saturated carbocycles. The molecule has 1 unspecified atom stereocenters. The minimum Gasteiger partial charge on any atom is -0.494 e. The third-order valence-electron chi connectivity index (χ3n) is 3.93. The van der Waals surface area contributed by atoms with Crippen LogP contribution in [0, 0.1) is 5.82 Å². The van der Waals surface area contributed by atoms with Crippen molar-refractivity contribution in [3.63, 3.8) is 0 Å². The molecule has 3 rings (SSSR count). The van der Waals surface area contributed by atoms with Gasteiger partial charge in [-0.1, -0.05) is 6.07 Å². The van der Waals surface area contributed by atoms with Crippen LogP contribution in [-0.2, 0) is 17.8 Å². The fraction of sp³-hybridized carbons (Fsp3) is 0.312. The maximum atomic E-state index is 13.9. The van der Waals surface area contributed by atoms with Crippen molar-refractivity contribution in [2.45, 2.75) is 19.0 Å². The highest BCUT2D eigenvalue weighted by molar-refractivity contribution is 7.10. The molecule has 0 amide bonds. The maximum Gasteiger partial charge on any atom is 0.325 e. The Balaban J connectivity index is 1.91. The van der Waals surface area contributed by atoms with Crippen LogP contribution in [-0.4, -0.2) is 29.6 Å². The minimum atomic E-state index is -0.969. The zero-order valence-electron chi connectivity index (χ0n) is 12.1. The number of rotatable bonds is 4. The van der Waals surface area contributed by atoms with Crippen molar-refractivity contribution in [3.05, 3.63) is 51.5 Å². The lowest BCUT2D eigenvalue weighted by molar-refractivity contribution is -0.144. The van der Waals surface area contributed by atoms with Crippen LogP contribution in [0.15, 0.2) is 29.6 Å². The topological polar surface area (TPSA) is 49.8 Å². The van der Waals surface area contributed by atoms with Gasteiger partial charge in [0.25, 0.3) is 0 Å². The summed E-state index contributed by atoms with van der Waals surface area (Å²) in [5, 5.41) is 11.6. The number of fused-ring (bicyclic) bond motifs is 1. The zero-order chi connectivity index (χ0) is 15.7. The van der Waals surface area contributed by atoms with Crippen molar-refractivity contribution in [1.29, 1.82) is 0 Å². The molecule has 0 spiro atoms. The number of nitrogens with zero attached hydrogens (tertiary/aromatic N) is 1. The second-order valence-corrected chi connectivity index (χ2v) is 6.22. The van der Waals surface area contributed by atoms with E-state index >= 15 is 0 Å². The number of benzene rings is 1. The fourth-order valence-corrected chi connectivity index (χ4v) is 3.74. The van der Waals surface area contributed by atoms with E-state index in [4.69, 9.17) is 4.74 Å². The first kappa shape index (κ1) is 15.0. The number of carbonyl (C=O) groups is 1. The Bertz CT molecular complexity index is 700. The first-order chi connectivity index (χ1) is 10.6. The number of hydrogen-bond acceptors (Lipinski definition) is 4. The lowest BCUT2D eigenvalue weighted by atomic mass is 10.0. The van der Waals surface area contributed by atoms with E-state index in [0.29, 0.717) is 18.7 Å². The summed E-state index contributed by atoms with van der Waals surface area (Å²) in [7, 11) is 1.38. The zero-order valence-corrected chi connectivity index (χ0v) is 12.9. The van der Waals surface area contributed by atoms with Gasteiger partial charge in [0, 0.05) is 18.0 Å². The van der Waals surface area contributed by atoms with E-state index in [1.165, 1.54) is 24.1 Å². The Morgan fingerprint density at radius 3 is 2.95 bits per heavy atom.